The molecule has 0 N–H and O–H groups in total. The summed E-state index contributed by atoms with van der Waals surface area (Å²) in [6.07, 6.45) is 0. The molecule has 1 nitrogen and oxygen atoms in total. The molecule has 0 spiro atoms. The van der Waals surface area contributed by atoms with Crippen LogP contribution in [0.5, 0.6) is 0 Å². The number of hydrogen-bond donors (Lipinski definition) is 0. The fraction of sp³-hybridized carbons (Fsp3) is 0.500. The normalized spacial score (nSPS) is 13.3. The van der Waals surface area contributed by atoms with Gasteiger partial charge in [0.1, 0.15) is 0 Å². The van der Waals surface area contributed by atoms with Gasteiger partial charge in [0.25, 0.3) is 0 Å². The van der Waals surface area contributed by atoms with Gasteiger partial charge in [0, 0.05) is 24.7 Å². The van der Waals surface area contributed by atoms with E-state index in [0.29, 0.717) is 0 Å². The standard InChI is InChI=1S/C4H4F3IO/c1-3(9)2-8-4(5,6)7/h2H,1H3. The van der Waals surface area contributed by atoms with E-state index >= 15 is 0 Å². The summed E-state index contributed by atoms with van der Waals surface area (Å²) in [6, 6.07) is 0. The molecule has 0 aliphatic carbocycles. The molecule has 0 bridgehead atoms. The summed E-state index contributed by atoms with van der Waals surface area (Å²) in [4.78, 5) is 9.96. The van der Waals surface area contributed by atoms with Crippen molar-refractivity contribution in [2.24, 2.45) is 0 Å². The lowest BCUT2D eigenvalue weighted by atomic mass is 10.5. The molecule has 0 saturated carbocycles. The van der Waals surface area contributed by atoms with Crippen molar-refractivity contribution >= 4 is 30.5 Å². The highest BCUT2D eigenvalue weighted by molar-refractivity contribution is 14.2. The second-order valence-corrected chi connectivity index (χ2v) is 3.73. The van der Waals surface area contributed by atoms with Crippen molar-refractivity contribution in [2.45, 2.75) is 11.1 Å². The van der Waals surface area contributed by atoms with Gasteiger partial charge in [-0.05, 0) is 6.92 Å². The van der Waals surface area contributed by atoms with Gasteiger partial charge in [-0.2, -0.15) is 13.2 Å². The number of ketones is 1. The van der Waals surface area contributed by atoms with Crippen LogP contribution in [0.3, 0.4) is 0 Å². The Bertz CT molecular complexity index is 137. The third-order valence-corrected chi connectivity index (χ3v) is 2.23. The molecule has 0 unspecified atom stereocenters. The summed E-state index contributed by atoms with van der Waals surface area (Å²) in [6.45, 7) is 1.12. The highest BCUT2D eigenvalue weighted by atomic mass is 127. The van der Waals surface area contributed by atoms with E-state index in [4.69, 9.17) is 0 Å². The Balaban J connectivity index is 3.86. The van der Waals surface area contributed by atoms with Gasteiger partial charge in [0.15, 0.2) is 5.78 Å². The SMILES string of the molecule is CC(=O)C=IC(F)(F)F. The topological polar surface area (TPSA) is 17.1 Å². The second kappa shape index (κ2) is 3.28. The third kappa shape index (κ3) is 8.06. The van der Waals surface area contributed by atoms with Crippen LogP contribution in [-0.4, -0.2) is 14.0 Å². The first-order valence-electron chi connectivity index (χ1n) is 1.97. The van der Waals surface area contributed by atoms with E-state index in [-0.39, 0.29) is 0 Å². The van der Waals surface area contributed by atoms with Crippen molar-refractivity contribution in [3.63, 3.8) is 0 Å². The molecule has 0 aromatic carbocycles. The Morgan fingerprint density at radius 2 is 2.00 bits per heavy atom. The quantitative estimate of drug-likeness (QED) is 0.514. The zero-order valence-electron chi connectivity index (χ0n) is 4.50. The number of carbonyl (C=O) groups excluding carboxylic acids is 1. The maximum atomic E-state index is 11.3. The maximum Gasteiger partial charge on any atom is 0.436 e. The average molecular weight is 252 g/mol. The van der Waals surface area contributed by atoms with Crippen molar-refractivity contribution in [3.8, 4) is 0 Å². The van der Waals surface area contributed by atoms with Crippen LogP contribution < -0.4 is 0 Å². The lowest BCUT2D eigenvalue weighted by molar-refractivity contribution is -0.110. The minimum Gasteiger partial charge on any atom is -0.295 e. The molecule has 5 heteroatoms. The predicted molar refractivity (Wildman–Crippen MR) is 36.8 cm³/mol. The molecule has 54 valence electrons. The van der Waals surface area contributed by atoms with E-state index in [0.717, 1.165) is 10.9 Å². The van der Waals surface area contributed by atoms with Gasteiger partial charge in [-0.25, -0.2) is 0 Å². The van der Waals surface area contributed by atoms with Crippen LogP contribution in [0.1, 0.15) is 6.92 Å². The lowest BCUT2D eigenvalue weighted by Crippen LogP contribution is -1.96. The van der Waals surface area contributed by atoms with Gasteiger partial charge in [-0.15, -0.1) is 0 Å². The minimum atomic E-state index is -4.13. The number of Topliss-reactive ketones (excluding diaryl/α,β-unsaturated/α-hetero) is 1. The molecule has 0 rings (SSSR count). The first kappa shape index (κ1) is 9.06. The Hall–Kier alpha value is 0.0600. The summed E-state index contributed by atoms with van der Waals surface area (Å²) >= 11 is -2.03. The van der Waals surface area contributed by atoms with E-state index in [1.807, 2.05) is 0 Å². The first-order valence-corrected chi connectivity index (χ1v) is 4.29. The monoisotopic (exact) mass is 252 g/mol. The first-order chi connectivity index (χ1) is 3.92. The highest BCUT2D eigenvalue weighted by Gasteiger charge is 2.23. The molecule has 9 heavy (non-hydrogen) atoms. The van der Waals surface area contributed by atoms with Crippen LogP contribution in [-0.2, 0) is 4.79 Å². The van der Waals surface area contributed by atoms with Crippen LogP contribution in [0.4, 0.5) is 13.2 Å². The zero-order valence-corrected chi connectivity index (χ0v) is 6.65. The molecule has 0 aromatic rings. The number of carbonyl (C=O) groups is 1. The lowest BCUT2D eigenvalue weighted by Gasteiger charge is -1.93. The second-order valence-electron chi connectivity index (χ2n) is 1.26. The molecule has 0 atom stereocenters. The van der Waals surface area contributed by atoms with Crippen molar-refractivity contribution in [3.05, 3.63) is 0 Å². The summed E-state index contributed by atoms with van der Waals surface area (Å²) in [5.41, 5.74) is 0. The Kier molecular flexibility index (Phi) is 3.31. The van der Waals surface area contributed by atoms with Crippen LogP contribution in [0, 0.1) is 0 Å². The fourth-order valence-electron chi connectivity index (χ4n) is 0.139. The van der Waals surface area contributed by atoms with Gasteiger partial charge in [-0.3, -0.25) is 4.79 Å². The van der Waals surface area contributed by atoms with E-state index in [1.54, 1.807) is 0 Å². The number of halogens is 4. The Labute approximate surface area is 60.0 Å². The van der Waals surface area contributed by atoms with E-state index in [1.165, 1.54) is 0 Å². The number of alkyl halides is 4. The third-order valence-electron chi connectivity index (χ3n) is 0.332. The van der Waals surface area contributed by atoms with E-state index in [2.05, 4.69) is 0 Å². The largest absolute Gasteiger partial charge is 0.436 e. The molecule has 0 fully saturated rings. The van der Waals surface area contributed by atoms with Crippen LogP contribution in [0.2, 0.25) is 0 Å². The highest BCUT2D eigenvalue weighted by Crippen LogP contribution is 2.28. The molecule has 0 amide bonds. The van der Waals surface area contributed by atoms with Gasteiger partial charge >= 0.3 is 4.18 Å². The fourth-order valence-corrected chi connectivity index (χ4v) is 0.930. The van der Waals surface area contributed by atoms with Crippen molar-refractivity contribution < 1.29 is 18.0 Å². The van der Waals surface area contributed by atoms with Gasteiger partial charge < -0.3 is 0 Å². The zero-order chi connectivity index (χ0) is 7.49. The van der Waals surface area contributed by atoms with Crippen LogP contribution in [0.15, 0.2) is 0 Å². The van der Waals surface area contributed by atoms with E-state index in [9.17, 15) is 18.0 Å². The molecular formula is C4H4F3IO. The molecule has 0 aromatic heterocycles. The maximum absolute atomic E-state index is 11.3. The van der Waals surface area contributed by atoms with Gasteiger partial charge in [-0.1, -0.05) is 0 Å². The molecule has 0 saturated heterocycles. The molecule has 0 aliphatic heterocycles. The van der Waals surface area contributed by atoms with Crippen molar-refractivity contribution in [1.82, 2.24) is 0 Å². The minimum absolute atomic E-state index is 0.500. The summed E-state index contributed by atoms with van der Waals surface area (Å²) in [7, 11) is 0. The Morgan fingerprint density at radius 3 is 2.11 bits per heavy atom. The summed E-state index contributed by atoms with van der Waals surface area (Å²) in [5.74, 6) is -0.500. The molecule has 0 radical (unpaired) electrons. The van der Waals surface area contributed by atoms with Crippen molar-refractivity contribution in [2.75, 3.05) is 0 Å². The predicted octanol–water partition coefficient (Wildman–Crippen LogP) is 1.87. The van der Waals surface area contributed by atoms with E-state index < -0.39 is 30.7 Å². The van der Waals surface area contributed by atoms with Crippen molar-refractivity contribution in [1.29, 1.82) is 0 Å². The number of hydrogen-bond acceptors (Lipinski definition) is 1. The van der Waals surface area contributed by atoms with Crippen LogP contribution in [0.25, 0.3) is 0 Å². The summed E-state index contributed by atoms with van der Waals surface area (Å²) < 4.78 is 30.4. The average Bonchev–Trinajstić information content (AvgIpc) is 1.59. The number of rotatable bonds is 1. The molecule has 0 heterocycles. The molecular weight excluding hydrogens is 248 g/mol. The van der Waals surface area contributed by atoms with Gasteiger partial charge in [0.05, 0.1) is 0 Å². The summed E-state index contributed by atoms with van der Waals surface area (Å²) in [5, 5.41) is 0. The molecule has 0 aliphatic rings. The van der Waals surface area contributed by atoms with Crippen LogP contribution >= 0.6 is 20.7 Å². The smallest absolute Gasteiger partial charge is 0.295 e. The Morgan fingerprint density at radius 1 is 1.56 bits per heavy atom. The van der Waals surface area contributed by atoms with Gasteiger partial charge in [0.2, 0.25) is 0 Å².